The summed E-state index contributed by atoms with van der Waals surface area (Å²) in [5.74, 6) is -7.02. The predicted molar refractivity (Wildman–Crippen MR) is 86.7 cm³/mol. The van der Waals surface area contributed by atoms with Gasteiger partial charge in [0, 0.05) is 6.92 Å². The first-order chi connectivity index (χ1) is 12.9. The highest BCUT2D eigenvalue weighted by atomic mass is 32.2. The van der Waals surface area contributed by atoms with E-state index < -0.39 is 57.1 Å². The van der Waals surface area contributed by atoms with Crippen molar-refractivity contribution < 1.29 is 58.4 Å². The molecule has 0 amide bonds. The van der Waals surface area contributed by atoms with Gasteiger partial charge in [-0.25, -0.2) is 4.79 Å². The summed E-state index contributed by atoms with van der Waals surface area (Å²) in [6, 6.07) is 2.92. The van der Waals surface area contributed by atoms with E-state index in [0.717, 1.165) is 25.1 Å². The van der Waals surface area contributed by atoms with Crippen molar-refractivity contribution in [3.05, 3.63) is 29.3 Å². The zero-order valence-electron chi connectivity index (χ0n) is 14.7. The van der Waals surface area contributed by atoms with Gasteiger partial charge in [-0.15, -0.1) is 0 Å². The molecule has 15 heteroatoms. The van der Waals surface area contributed by atoms with Gasteiger partial charge in [0.25, 0.3) is 10.1 Å². The summed E-state index contributed by atoms with van der Waals surface area (Å²) < 4.78 is 118. The van der Waals surface area contributed by atoms with Crippen molar-refractivity contribution >= 4 is 29.9 Å². The molecule has 0 spiro atoms. The van der Waals surface area contributed by atoms with Crippen molar-refractivity contribution in [2.45, 2.75) is 31.2 Å². The highest BCUT2D eigenvalue weighted by Gasteiger charge is 2.76. The van der Waals surface area contributed by atoms with Gasteiger partial charge < -0.3 is 9.47 Å². The van der Waals surface area contributed by atoms with E-state index >= 15 is 0 Å². The third-order valence-corrected chi connectivity index (χ3v) is 4.27. The van der Waals surface area contributed by atoms with Crippen molar-refractivity contribution in [2.75, 3.05) is 5.75 Å². The summed E-state index contributed by atoms with van der Waals surface area (Å²) in [7, 11) is -4.30. The number of carbonyl (C=O) groups excluding carboxylic acids is 2. The molecule has 0 aromatic heterocycles. The fourth-order valence-corrected chi connectivity index (χ4v) is 3.03. The molecule has 1 aromatic carbocycles. The third kappa shape index (κ3) is 5.85. The quantitative estimate of drug-likeness (QED) is 0.231. The van der Waals surface area contributed by atoms with Gasteiger partial charge in [0.2, 0.25) is 0 Å². The van der Waals surface area contributed by atoms with Gasteiger partial charge in [0.1, 0.15) is 24.9 Å². The number of hydrogen-bond donors (Lipinski definition) is 1. The van der Waals surface area contributed by atoms with E-state index in [4.69, 9.17) is 4.55 Å². The molecule has 29 heavy (non-hydrogen) atoms. The van der Waals surface area contributed by atoms with Crippen LogP contribution in [0.3, 0.4) is 0 Å². The molecule has 7 nitrogen and oxygen atoms in total. The van der Waals surface area contributed by atoms with Gasteiger partial charge in [-0.3, -0.25) is 9.35 Å². The van der Waals surface area contributed by atoms with Crippen LogP contribution in [0.15, 0.2) is 18.2 Å². The molecule has 162 valence electrons. The first kappa shape index (κ1) is 24.8. The lowest BCUT2D eigenvalue weighted by Crippen LogP contribution is -2.63. The van der Waals surface area contributed by atoms with Crippen LogP contribution in [-0.4, -0.2) is 56.5 Å². The van der Waals surface area contributed by atoms with Crippen LogP contribution in [0.25, 0.3) is 0 Å². The maximum atomic E-state index is 13.2. The average Bonchev–Trinajstić information content (AvgIpc) is 2.49. The van der Waals surface area contributed by atoms with Gasteiger partial charge >= 0.3 is 29.9 Å². The van der Waals surface area contributed by atoms with E-state index in [1.165, 1.54) is 0 Å². The number of hydrogen-bond acceptors (Lipinski definition) is 6. The number of esters is 2. The minimum absolute atomic E-state index is 0.307. The van der Waals surface area contributed by atoms with Crippen LogP contribution < -0.4 is 4.74 Å². The first-order valence-corrected chi connectivity index (χ1v) is 9.17. The molecular weight excluding hydrogens is 437 g/mol. The lowest BCUT2D eigenvalue weighted by Gasteiger charge is -2.35. The molecule has 1 aromatic rings. The Morgan fingerprint density at radius 2 is 1.62 bits per heavy atom. The first-order valence-electron chi connectivity index (χ1n) is 7.57. The molecule has 0 bridgehead atoms. The lowest BCUT2D eigenvalue weighted by molar-refractivity contribution is -0.356. The van der Waals surface area contributed by atoms with Crippen molar-refractivity contribution in [3.8, 4) is 5.75 Å². The molecule has 0 heterocycles. The van der Waals surface area contributed by atoms with Gasteiger partial charge in [-0.1, -0.05) is 17.9 Å². The predicted octanol–water partition coefficient (Wildman–Crippen LogP) is 1.65. The Labute approximate surface area is 161 Å². The minimum atomic E-state index is -6.47. The molecule has 0 saturated carbocycles. The second-order valence-electron chi connectivity index (χ2n) is 5.72. The normalized spacial score (nSPS) is 13.1. The Morgan fingerprint density at radius 3 is 2.00 bits per heavy atom. The van der Waals surface area contributed by atoms with Crippen LogP contribution in [0.5, 0.6) is 5.75 Å². The summed E-state index contributed by atoms with van der Waals surface area (Å²) in [4.78, 5) is 23.3. The molecule has 1 rings (SSSR count). The minimum Gasteiger partial charge on any atom is -0.434 e. The van der Waals surface area contributed by atoms with Gasteiger partial charge in [0.15, 0.2) is 0 Å². The average molecular weight is 450 g/mol. The second-order valence-corrected chi connectivity index (χ2v) is 7.17. The smallest absolute Gasteiger partial charge is 0.434 e. The maximum Gasteiger partial charge on any atom is 0.438 e. The zero-order valence-corrected chi connectivity index (χ0v) is 15.5. The number of carbonyl (C=O) groups is 2. The topological polar surface area (TPSA) is 107 Å². The molecule has 0 saturated heterocycles. The Balaban J connectivity index is 3.59. The van der Waals surface area contributed by atoms with E-state index in [1.54, 1.807) is 7.85 Å². The third-order valence-electron chi connectivity index (χ3n) is 3.50. The van der Waals surface area contributed by atoms with Crippen molar-refractivity contribution in [3.63, 3.8) is 0 Å². The number of rotatable bonds is 6. The van der Waals surface area contributed by atoms with E-state index in [-0.39, 0.29) is 0 Å². The van der Waals surface area contributed by atoms with Crippen LogP contribution in [0, 0.1) is 0 Å². The van der Waals surface area contributed by atoms with E-state index in [2.05, 4.69) is 9.47 Å². The van der Waals surface area contributed by atoms with Gasteiger partial charge in [-0.2, -0.15) is 34.8 Å². The molecule has 0 fully saturated rings. The monoisotopic (exact) mass is 450 g/mol. The number of benzene rings is 1. The molecule has 1 N–H and O–H groups in total. The Hall–Kier alpha value is -2.29. The van der Waals surface area contributed by atoms with Crippen molar-refractivity contribution in [2.24, 2.45) is 0 Å². The summed E-state index contributed by atoms with van der Waals surface area (Å²) >= 11 is 0. The largest absolute Gasteiger partial charge is 0.438 e. The van der Waals surface area contributed by atoms with E-state index in [1.807, 2.05) is 0 Å². The maximum absolute atomic E-state index is 13.2. The van der Waals surface area contributed by atoms with Crippen LogP contribution in [0.2, 0.25) is 0 Å². The molecule has 0 unspecified atom stereocenters. The zero-order chi connectivity index (χ0) is 22.8. The fraction of sp³-hybridized carbons (Fsp3) is 0.429. The van der Waals surface area contributed by atoms with Crippen molar-refractivity contribution in [1.82, 2.24) is 0 Å². The molecule has 0 atom stereocenters. The highest BCUT2D eigenvalue weighted by molar-refractivity contribution is 7.85. The standard InChI is InChI=1S/C14H13BF6O7S/c1-7(22)27-10-4-8(5-15)2-3-9(10)11(23)28-12(13(16,17)18,14(19,20)21)6-29(24,25)26/h2-4H,5-6,15H2,1H3,(H,24,25,26). The van der Waals surface area contributed by atoms with Crippen LogP contribution in [0.1, 0.15) is 22.8 Å². The molecule has 0 aliphatic heterocycles. The molecule has 0 radical (unpaired) electrons. The number of ether oxygens (including phenoxy) is 2. The second kappa shape index (κ2) is 8.22. The number of alkyl halides is 6. The summed E-state index contributed by atoms with van der Waals surface area (Å²) in [5, 5.41) is 0. The molecule has 0 aliphatic rings. The summed E-state index contributed by atoms with van der Waals surface area (Å²) in [5.41, 5.74) is -6.15. The van der Waals surface area contributed by atoms with Crippen LogP contribution in [0.4, 0.5) is 26.3 Å². The summed E-state index contributed by atoms with van der Waals surface area (Å²) in [6.45, 7) is 0.863. The van der Waals surface area contributed by atoms with E-state index in [9.17, 15) is 44.3 Å². The SMILES string of the molecule is BCc1ccc(C(=O)OC(CS(=O)(=O)O)(C(F)(F)F)C(F)(F)F)c(OC(C)=O)c1. The van der Waals surface area contributed by atoms with E-state index in [0.29, 0.717) is 11.9 Å². The Morgan fingerprint density at radius 1 is 1.10 bits per heavy atom. The van der Waals surface area contributed by atoms with Gasteiger partial charge in [0.05, 0.1) is 0 Å². The Kier molecular flexibility index (Phi) is 7.02. The summed E-state index contributed by atoms with van der Waals surface area (Å²) in [6.07, 6.45) is -12.6. The van der Waals surface area contributed by atoms with Crippen LogP contribution >= 0.6 is 0 Å². The molecular formula is C14H13BF6O7S. The number of halogens is 6. The Bertz CT molecular complexity index is 881. The molecule has 0 aliphatic carbocycles. The highest BCUT2D eigenvalue weighted by Crippen LogP contribution is 2.47. The van der Waals surface area contributed by atoms with Crippen LogP contribution in [-0.2, 0) is 26.0 Å². The lowest BCUT2D eigenvalue weighted by atomic mass is 9.95. The van der Waals surface area contributed by atoms with Gasteiger partial charge in [-0.05, 0) is 12.1 Å². The van der Waals surface area contributed by atoms with Crippen molar-refractivity contribution in [1.29, 1.82) is 0 Å². The fourth-order valence-electron chi connectivity index (χ4n) is 2.13.